The van der Waals surface area contributed by atoms with Crippen LogP contribution in [0.1, 0.15) is 84.0 Å². The van der Waals surface area contributed by atoms with E-state index in [4.69, 9.17) is 9.47 Å². The molecule has 0 heterocycles. The Morgan fingerprint density at radius 2 is 0.826 bits per heavy atom. The summed E-state index contributed by atoms with van der Waals surface area (Å²) in [5.41, 5.74) is 2.16. The highest BCUT2D eigenvalue weighted by Crippen LogP contribution is 2.28. The first-order chi connectivity index (χ1) is 22.4. The Balaban J connectivity index is 0.953. The second-order valence-corrected chi connectivity index (χ2v) is 12.2. The lowest BCUT2D eigenvalue weighted by Crippen LogP contribution is -1.99. The predicted octanol–water partition coefficient (Wildman–Crippen LogP) is 12.4. The number of benzene rings is 4. The number of rotatable bonds is 20. The van der Waals surface area contributed by atoms with Gasteiger partial charge in [-0.15, -0.1) is 0 Å². The Bertz CT molecular complexity index is 1340. The van der Waals surface area contributed by atoms with Crippen molar-refractivity contribution in [2.45, 2.75) is 84.0 Å². The van der Waals surface area contributed by atoms with Gasteiger partial charge in [0.25, 0.3) is 0 Å². The van der Waals surface area contributed by atoms with E-state index in [0.29, 0.717) is 47.0 Å². The third kappa shape index (κ3) is 11.9. The largest absolute Gasteiger partial charge is 0.493 e. The standard InChI is InChI=1S/C40H46F4O2/c1-30(12-8-4-2-6-10-26-45-35-22-24-37(39(43)28-35)31-14-18-33(41)19-15-31)13-9-5-3-7-11-27-46-36-23-25-38(40(44)29-36)32-16-20-34(42)21-17-32/h14-25,28-30H,2-13,26-27H2,1H3. The number of hydrogen-bond acceptors (Lipinski definition) is 2. The van der Waals surface area contributed by atoms with Crippen molar-refractivity contribution in [3.05, 3.63) is 108 Å². The van der Waals surface area contributed by atoms with Crippen LogP contribution in [0.4, 0.5) is 17.6 Å². The summed E-state index contributed by atoms with van der Waals surface area (Å²) in [7, 11) is 0. The number of hydrogen-bond donors (Lipinski definition) is 0. The predicted molar refractivity (Wildman–Crippen MR) is 179 cm³/mol. The first-order valence-corrected chi connectivity index (χ1v) is 16.8. The van der Waals surface area contributed by atoms with Crippen LogP contribution < -0.4 is 9.47 Å². The summed E-state index contributed by atoms with van der Waals surface area (Å²) in [4.78, 5) is 0. The maximum Gasteiger partial charge on any atom is 0.134 e. The van der Waals surface area contributed by atoms with Crippen molar-refractivity contribution >= 4 is 0 Å². The molecule has 6 heteroatoms. The summed E-state index contributed by atoms with van der Waals surface area (Å²) < 4.78 is 66.7. The molecule has 246 valence electrons. The van der Waals surface area contributed by atoms with Gasteiger partial charge in [-0.05, 0) is 78.4 Å². The minimum absolute atomic E-state index is 0.341. The van der Waals surface area contributed by atoms with Crippen molar-refractivity contribution in [2.24, 2.45) is 5.92 Å². The highest BCUT2D eigenvalue weighted by Gasteiger charge is 2.09. The van der Waals surface area contributed by atoms with E-state index in [1.165, 1.54) is 87.8 Å². The lowest BCUT2D eigenvalue weighted by Gasteiger charge is -2.11. The lowest BCUT2D eigenvalue weighted by atomic mass is 9.96. The first-order valence-electron chi connectivity index (χ1n) is 16.8. The van der Waals surface area contributed by atoms with Crippen LogP contribution in [0.25, 0.3) is 22.3 Å². The highest BCUT2D eigenvalue weighted by molar-refractivity contribution is 5.65. The van der Waals surface area contributed by atoms with Gasteiger partial charge in [-0.1, -0.05) is 95.4 Å². The molecule has 4 aromatic rings. The van der Waals surface area contributed by atoms with Gasteiger partial charge in [0, 0.05) is 23.3 Å². The van der Waals surface area contributed by atoms with E-state index in [0.717, 1.165) is 31.6 Å². The Kier molecular flexibility index (Phi) is 14.5. The average Bonchev–Trinajstić information content (AvgIpc) is 3.05. The van der Waals surface area contributed by atoms with Crippen molar-refractivity contribution in [3.8, 4) is 33.8 Å². The normalized spacial score (nSPS) is 11.3. The number of unbranched alkanes of at least 4 members (excludes halogenated alkanes) is 8. The molecule has 0 saturated carbocycles. The second kappa shape index (κ2) is 19.0. The fourth-order valence-electron chi connectivity index (χ4n) is 5.67. The maximum atomic E-state index is 14.5. The molecule has 0 aliphatic rings. The smallest absolute Gasteiger partial charge is 0.134 e. The topological polar surface area (TPSA) is 18.5 Å². The summed E-state index contributed by atoms with van der Waals surface area (Å²) in [6, 6.07) is 21.3. The van der Waals surface area contributed by atoms with Crippen LogP contribution in [0.15, 0.2) is 84.9 Å². The lowest BCUT2D eigenvalue weighted by molar-refractivity contribution is 0.302. The summed E-state index contributed by atoms with van der Waals surface area (Å²) in [5.74, 6) is 0.366. The number of halogens is 4. The molecule has 0 aromatic heterocycles. The molecule has 0 atom stereocenters. The zero-order chi connectivity index (χ0) is 32.6. The van der Waals surface area contributed by atoms with E-state index in [2.05, 4.69) is 6.92 Å². The van der Waals surface area contributed by atoms with Crippen LogP contribution in [-0.2, 0) is 0 Å². The highest BCUT2D eigenvalue weighted by atomic mass is 19.1. The summed E-state index contributed by atoms with van der Waals surface area (Å²) in [6.45, 7) is 3.49. The van der Waals surface area contributed by atoms with Gasteiger partial charge in [0.2, 0.25) is 0 Å². The minimum Gasteiger partial charge on any atom is -0.493 e. The molecule has 0 amide bonds. The molecule has 2 nitrogen and oxygen atoms in total. The van der Waals surface area contributed by atoms with Gasteiger partial charge < -0.3 is 9.47 Å². The molecule has 0 saturated heterocycles. The van der Waals surface area contributed by atoms with Gasteiger partial charge in [-0.2, -0.15) is 0 Å². The molecule has 0 unspecified atom stereocenters. The number of ether oxygens (including phenoxy) is 2. The van der Waals surface area contributed by atoms with Crippen molar-refractivity contribution < 1.29 is 27.0 Å². The van der Waals surface area contributed by atoms with Gasteiger partial charge in [-0.3, -0.25) is 0 Å². The average molecular weight is 635 g/mol. The summed E-state index contributed by atoms with van der Waals surface area (Å²) in [5, 5.41) is 0. The molecule has 0 bridgehead atoms. The Morgan fingerprint density at radius 1 is 0.457 bits per heavy atom. The second-order valence-electron chi connectivity index (χ2n) is 12.2. The summed E-state index contributed by atoms with van der Waals surface area (Å²) >= 11 is 0. The zero-order valence-electron chi connectivity index (χ0n) is 26.9. The quantitative estimate of drug-likeness (QED) is 0.0711. The molecule has 0 aliphatic heterocycles. The van der Waals surface area contributed by atoms with Gasteiger partial charge in [0.05, 0.1) is 13.2 Å². The molecule has 0 aliphatic carbocycles. The van der Waals surface area contributed by atoms with E-state index in [1.54, 1.807) is 48.5 Å². The first kappa shape index (κ1) is 35.1. The monoisotopic (exact) mass is 634 g/mol. The van der Waals surface area contributed by atoms with Crippen LogP contribution in [0.2, 0.25) is 0 Å². The van der Waals surface area contributed by atoms with E-state index >= 15 is 0 Å². The molecule has 4 aromatic carbocycles. The molecule has 0 radical (unpaired) electrons. The molecule has 0 fully saturated rings. The fraction of sp³-hybridized carbons (Fsp3) is 0.400. The fourth-order valence-corrected chi connectivity index (χ4v) is 5.67. The van der Waals surface area contributed by atoms with Crippen LogP contribution in [0, 0.1) is 29.2 Å². The molecule has 46 heavy (non-hydrogen) atoms. The van der Waals surface area contributed by atoms with E-state index in [1.807, 2.05) is 0 Å². The Labute approximate surface area is 271 Å². The Hall–Kier alpha value is -3.80. The van der Waals surface area contributed by atoms with Gasteiger partial charge in [0.15, 0.2) is 0 Å². The third-order valence-electron chi connectivity index (χ3n) is 8.41. The maximum absolute atomic E-state index is 14.5. The van der Waals surface area contributed by atoms with E-state index < -0.39 is 0 Å². The van der Waals surface area contributed by atoms with Gasteiger partial charge in [0.1, 0.15) is 34.8 Å². The zero-order valence-corrected chi connectivity index (χ0v) is 26.9. The van der Waals surface area contributed by atoms with Crippen molar-refractivity contribution in [2.75, 3.05) is 13.2 Å². The van der Waals surface area contributed by atoms with E-state index in [9.17, 15) is 17.6 Å². The van der Waals surface area contributed by atoms with Crippen molar-refractivity contribution in [1.29, 1.82) is 0 Å². The van der Waals surface area contributed by atoms with Gasteiger partial charge >= 0.3 is 0 Å². The minimum atomic E-state index is -0.370. The van der Waals surface area contributed by atoms with Crippen LogP contribution in [0.3, 0.4) is 0 Å². The van der Waals surface area contributed by atoms with E-state index in [-0.39, 0.29) is 23.3 Å². The molecular weight excluding hydrogens is 588 g/mol. The van der Waals surface area contributed by atoms with Crippen molar-refractivity contribution in [3.63, 3.8) is 0 Å². The molecule has 0 N–H and O–H groups in total. The van der Waals surface area contributed by atoms with Crippen LogP contribution in [0.5, 0.6) is 11.5 Å². The van der Waals surface area contributed by atoms with Crippen LogP contribution >= 0.6 is 0 Å². The molecule has 4 rings (SSSR count). The van der Waals surface area contributed by atoms with Gasteiger partial charge in [-0.25, -0.2) is 17.6 Å². The third-order valence-corrected chi connectivity index (χ3v) is 8.41. The summed E-state index contributed by atoms with van der Waals surface area (Å²) in [6.07, 6.45) is 13.9. The van der Waals surface area contributed by atoms with Crippen molar-refractivity contribution in [1.82, 2.24) is 0 Å². The van der Waals surface area contributed by atoms with Crippen LogP contribution in [-0.4, -0.2) is 13.2 Å². The Morgan fingerprint density at radius 3 is 1.22 bits per heavy atom. The SMILES string of the molecule is CC(CCCCCCCOc1ccc(-c2ccc(F)cc2)c(F)c1)CCCCCCCOc1ccc(-c2ccc(F)cc2)c(F)c1. The molecule has 0 spiro atoms. The molecular formula is C40H46F4O2.